The number of nitrogens with zero attached hydrogens (tertiary/aromatic N) is 3. The monoisotopic (exact) mass is 403 g/mol. The lowest BCUT2D eigenvalue weighted by atomic mass is 10.1. The number of H-pyrrole nitrogens is 1. The van der Waals surface area contributed by atoms with Crippen LogP contribution in [0.25, 0.3) is 11.3 Å². The number of methoxy groups -OCH3 is 1. The molecule has 1 aromatic carbocycles. The Balaban J connectivity index is 1.71. The standard InChI is InChI=1S/C17H18BrN5O2/c1-3-23-16(13(18)9-20-23)10-19-17(24)15-8-14(21-22-15)11-5-4-6-12(7-11)25-2/h4-9H,3,10H2,1-2H3,(H,19,24)(H,21,22). The number of halogens is 1. The summed E-state index contributed by atoms with van der Waals surface area (Å²) in [6.07, 6.45) is 1.72. The first-order valence-electron chi connectivity index (χ1n) is 7.80. The number of aryl methyl sites for hydroxylation is 1. The van der Waals surface area contributed by atoms with E-state index in [0.29, 0.717) is 17.9 Å². The van der Waals surface area contributed by atoms with E-state index in [-0.39, 0.29) is 5.91 Å². The minimum atomic E-state index is -0.225. The van der Waals surface area contributed by atoms with E-state index in [0.717, 1.165) is 28.0 Å². The SMILES string of the molecule is CCn1ncc(Br)c1CNC(=O)c1cc(-c2cccc(OC)c2)n[nH]1. The van der Waals surface area contributed by atoms with E-state index in [1.807, 2.05) is 35.9 Å². The van der Waals surface area contributed by atoms with E-state index in [2.05, 4.69) is 36.5 Å². The van der Waals surface area contributed by atoms with Gasteiger partial charge in [0, 0.05) is 12.1 Å². The van der Waals surface area contributed by atoms with Gasteiger partial charge < -0.3 is 10.1 Å². The normalized spacial score (nSPS) is 10.7. The topological polar surface area (TPSA) is 84.8 Å². The third kappa shape index (κ3) is 3.74. The summed E-state index contributed by atoms with van der Waals surface area (Å²) in [5, 5.41) is 14.1. The van der Waals surface area contributed by atoms with Gasteiger partial charge in [-0.2, -0.15) is 10.2 Å². The summed E-state index contributed by atoms with van der Waals surface area (Å²) in [5.41, 5.74) is 2.88. The molecule has 0 saturated heterocycles. The molecule has 0 radical (unpaired) electrons. The maximum Gasteiger partial charge on any atom is 0.269 e. The quantitative estimate of drug-likeness (QED) is 0.662. The van der Waals surface area contributed by atoms with Crippen molar-refractivity contribution in [1.29, 1.82) is 0 Å². The molecule has 3 rings (SSSR count). The molecule has 25 heavy (non-hydrogen) atoms. The molecule has 1 amide bonds. The van der Waals surface area contributed by atoms with Gasteiger partial charge in [-0.05, 0) is 41.1 Å². The minimum Gasteiger partial charge on any atom is -0.497 e. The molecule has 0 aliphatic rings. The molecule has 0 fully saturated rings. The highest BCUT2D eigenvalue weighted by Crippen LogP contribution is 2.22. The molecule has 3 aromatic rings. The Morgan fingerprint density at radius 1 is 1.40 bits per heavy atom. The Kier molecular flexibility index (Phi) is 5.18. The highest BCUT2D eigenvalue weighted by Gasteiger charge is 2.14. The number of hydrogen-bond donors (Lipinski definition) is 2. The predicted octanol–water partition coefficient (Wildman–Crippen LogP) is 2.99. The maximum atomic E-state index is 12.4. The highest BCUT2D eigenvalue weighted by molar-refractivity contribution is 9.10. The first-order valence-corrected chi connectivity index (χ1v) is 8.60. The molecule has 2 aromatic heterocycles. The first kappa shape index (κ1) is 17.2. The Hall–Kier alpha value is -2.61. The van der Waals surface area contributed by atoms with Gasteiger partial charge in [0.05, 0.1) is 35.7 Å². The second-order valence-corrected chi connectivity index (χ2v) is 6.19. The van der Waals surface area contributed by atoms with Gasteiger partial charge in [0.25, 0.3) is 5.91 Å². The molecule has 2 heterocycles. The molecule has 7 nitrogen and oxygen atoms in total. The number of amides is 1. The lowest BCUT2D eigenvalue weighted by Crippen LogP contribution is -2.25. The molecule has 0 unspecified atom stereocenters. The van der Waals surface area contributed by atoms with E-state index in [4.69, 9.17) is 4.74 Å². The van der Waals surface area contributed by atoms with E-state index in [9.17, 15) is 4.79 Å². The van der Waals surface area contributed by atoms with Gasteiger partial charge in [-0.15, -0.1) is 0 Å². The van der Waals surface area contributed by atoms with Crippen LogP contribution in [0.15, 0.2) is 41.0 Å². The fraction of sp³-hybridized carbons (Fsp3) is 0.235. The number of ether oxygens (including phenoxy) is 1. The van der Waals surface area contributed by atoms with Crippen LogP contribution in [0.4, 0.5) is 0 Å². The van der Waals surface area contributed by atoms with Gasteiger partial charge in [-0.3, -0.25) is 14.6 Å². The van der Waals surface area contributed by atoms with Crippen LogP contribution in [0.2, 0.25) is 0 Å². The largest absolute Gasteiger partial charge is 0.497 e. The van der Waals surface area contributed by atoms with Crippen LogP contribution in [0.5, 0.6) is 5.75 Å². The van der Waals surface area contributed by atoms with Gasteiger partial charge >= 0.3 is 0 Å². The summed E-state index contributed by atoms with van der Waals surface area (Å²) >= 11 is 3.45. The average molecular weight is 404 g/mol. The Bertz CT molecular complexity index is 887. The Labute approximate surface area is 153 Å². The number of nitrogens with one attached hydrogen (secondary N) is 2. The predicted molar refractivity (Wildman–Crippen MR) is 97.3 cm³/mol. The number of carbonyl (C=O) groups excluding carboxylic acids is 1. The van der Waals surface area contributed by atoms with Crippen molar-refractivity contribution in [3.8, 4) is 17.0 Å². The van der Waals surface area contributed by atoms with Gasteiger partial charge in [0.2, 0.25) is 0 Å². The van der Waals surface area contributed by atoms with Crippen LogP contribution in [0.1, 0.15) is 23.1 Å². The van der Waals surface area contributed by atoms with Crippen molar-refractivity contribution < 1.29 is 9.53 Å². The van der Waals surface area contributed by atoms with Crippen LogP contribution in [0.3, 0.4) is 0 Å². The molecule has 0 saturated carbocycles. The van der Waals surface area contributed by atoms with Gasteiger partial charge in [0.15, 0.2) is 0 Å². The summed E-state index contributed by atoms with van der Waals surface area (Å²) in [4.78, 5) is 12.4. The zero-order chi connectivity index (χ0) is 17.8. The number of aromatic amines is 1. The molecule has 0 aliphatic carbocycles. The molecule has 0 bridgehead atoms. The highest BCUT2D eigenvalue weighted by atomic mass is 79.9. The Morgan fingerprint density at radius 3 is 3.00 bits per heavy atom. The van der Waals surface area contributed by atoms with Crippen molar-refractivity contribution in [1.82, 2.24) is 25.3 Å². The second kappa shape index (κ2) is 7.52. The van der Waals surface area contributed by atoms with Crippen LogP contribution < -0.4 is 10.1 Å². The van der Waals surface area contributed by atoms with E-state index < -0.39 is 0 Å². The zero-order valence-corrected chi connectivity index (χ0v) is 15.5. The molecule has 0 aliphatic heterocycles. The Morgan fingerprint density at radius 2 is 2.24 bits per heavy atom. The van der Waals surface area contributed by atoms with Crippen molar-refractivity contribution in [2.75, 3.05) is 7.11 Å². The van der Waals surface area contributed by atoms with Crippen molar-refractivity contribution in [2.45, 2.75) is 20.0 Å². The van der Waals surface area contributed by atoms with Crippen LogP contribution in [-0.4, -0.2) is 33.0 Å². The first-order chi connectivity index (χ1) is 12.1. The summed E-state index contributed by atoms with van der Waals surface area (Å²) in [5.74, 6) is 0.515. The van der Waals surface area contributed by atoms with Crippen molar-refractivity contribution >= 4 is 21.8 Å². The van der Waals surface area contributed by atoms with E-state index >= 15 is 0 Å². The van der Waals surface area contributed by atoms with E-state index in [1.54, 1.807) is 19.4 Å². The molecule has 8 heteroatoms. The number of rotatable bonds is 6. The second-order valence-electron chi connectivity index (χ2n) is 5.34. The summed E-state index contributed by atoms with van der Waals surface area (Å²) in [7, 11) is 1.61. The van der Waals surface area contributed by atoms with Gasteiger partial charge in [-0.1, -0.05) is 12.1 Å². The molecular weight excluding hydrogens is 386 g/mol. The van der Waals surface area contributed by atoms with Crippen LogP contribution >= 0.6 is 15.9 Å². The maximum absolute atomic E-state index is 12.4. The van der Waals surface area contributed by atoms with Crippen LogP contribution in [0, 0.1) is 0 Å². The molecular formula is C17H18BrN5O2. The third-order valence-electron chi connectivity index (χ3n) is 3.80. The molecule has 130 valence electrons. The smallest absolute Gasteiger partial charge is 0.269 e. The van der Waals surface area contributed by atoms with Crippen molar-refractivity contribution in [3.63, 3.8) is 0 Å². The lowest BCUT2D eigenvalue weighted by Gasteiger charge is -2.06. The number of hydrogen-bond acceptors (Lipinski definition) is 4. The van der Waals surface area contributed by atoms with Crippen LogP contribution in [-0.2, 0) is 13.1 Å². The fourth-order valence-corrected chi connectivity index (χ4v) is 2.90. The number of aromatic nitrogens is 4. The third-order valence-corrected chi connectivity index (χ3v) is 4.46. The summed E-state index contributed by atoms with van der Waals surface area (Å²) in [6.45, 7) is 3.11. The van der Waals surface area contributed by atoms with Gasteiger partial charge in [-0.25, -0.2) is 0 Å². The summed E-state index contributed by atoms with van der Waals surface area (Å²) < 4.78 is 7.92. The molecule has 0 atom stereocenters. The fourth-order valence-electron chi connectivity index (χ4n) is 2.46. The zero-order valence-electron chi connectivity index (χ0n) is 13.9. The minimum absolute atomic E-state index is 0.225. The summed E-state index contributed by atoms with van der Waals surface area (Å²) in [6, 6.07) is 9.24. The molecule has 2 N–H and O–H groups in total. The number of benzene rings is 1. The van der Waals surface area contributed by atoms with Crippen molar-refractivity contribution in [3.05, 3.63) is 52.4 Å². The lowest BCUT2D eigenvalue weighted by molar-refractivity contribution is 0.0945. The molecule has 0 spiro atoms. The van der Waals surface area contributed by atoms with Gasteiger partial charge in [0.1, 0.15) is 11.4 Å². The van der Waals surface area contributed by atoms with Crippen molar-refractivity contribution in [2.24, 2.45) is 0 Å². The number of carbonyl (C=O) groups is 1. The average Bonchev–Trinajstić information content (AvgIpc) is 3.27. The van der Waals surface area contributed by atoms with E-state index in [1.165, 1.54) is 0 Å².